The Kier molecular flexibility index (Phi) is 7.09. The van der Waals surface area contributed by atoms with Gasteiger partial charge in [-0.15, -0.1) is 24.0 Å². The first-order valence-electron chi connectivity index (χ1n) is 8.28. The molecule has 3 heterocycles. The Labute approximate surface area is 161 Å². The van der Waals surface area contributed by atoms with Crippen LogP contribution >= 0.6 is 24.0 Å². The molecule has 1 aromatic rings. The van der Waals surface area contributed by atoms with E-state index in [0.29, 0.717) is 11.3 Å². The first kappa shape index (κ1) is 19.2. The lowest BCUT2D eigenvalue weighted by atomic mass is 9.87. The molecule has 1 atom stereocenters. The van der Waals surface area contributed by atoms with E-state index in [9.17, 15) is 0 Å². The Morgan fingerprint density at radius 1 is 1.46 bits per heavy atom. The van der Waals surface area contributed by atoms with Gasteiger partial charge in [0.2, 0.25) is 5.88 Å². The second-order valence-corrected chi connectivity index (χ2v) is 6.37. The van der Waals surface area contributed by atoms with Crippen molar-refractivity contribution in [1.82, 2.24) is 15.2 Å². The summed E-state index contributed by atoms with van der Waals surface area (Å²) >= 11 is 0. The highest BCUT2D eigenvalue weighted by Crippen LogP contribution is 2.38. The number of pyridine rings is 1. The average Bonchev–Trinajstić information content (AvgIpc) is 3.22. The molecule has 0 aliphatic carbocycles. The molecular formula is C17H27IN4O2. The van der Waals surface area contributed by atoms with E-state index >= 15 is 0 Å². The summed E-state index contributed by atoms with van der Waals surface area (Å²) in [6, 6.07) is 5.86. The Bertz CT molecular complexity index is 561. The van der Waals surface area contributed by atoms with Crippen LogP contribution in [0, 0.1) is 5.41 Å². The van der Waals surface area contributed by atoms with Crippen LogP contribution in [0.4, 0.5) is 0 Å². The molecule has 0 bridgehead atoms. The van der Waals surface area contributed by atoms with Gasteiger partial charge >= 0.3 is 0 Å². The summed E-state index contributed by atoms with van der Waals surface area (Å²) in [5, 5.41) is 3.46. The third kappa shape index (κ3) is 4.50. The fourth-order valence-corrected chi connectivity index (χ4v) is 3.43. The molecule has 1 unspecified atom stereocenters. The van der Waals surface area contributed by atoms with Crippen LogP contribution in [-0.2, 0) is 11.2 Å². The van der Waals surface area contributed by atoms with Gasteiger partial charge in [-0.2, -0.15) is 0 Å². The molecule has 1 N–H and O–H groups in total. The van der Waals surface area contributed by atoms with Gasteiger partial charge in [-0.25, -0.2) is 4.98 Å². The fraction of sp³-hybridized carbons (Fsp3) is 0.647. The van der Waals surface area contributed by atoms with Gasteiger partial charge < -0.3 is 19.7 Å². The number of halogens is 1. The van der Waals surface area contributed by atoms with Crippen LogP contribution in [0.25, 0.3) is 0 Å². The number of nitrogens with zero attached hydrogens (tertiary/aromatic N) is 3. The first-order valence-corrected chi connectivity index (χ1v) is 8.28. The van der Waals surface area contributed by atoms with Crippen molar-refractivity contribution in [2.75, 3.05) is 47.0 Å². The van der Waals surface area contributed by atoms with Crippen LogP contribution in [0.5, 0.6) is 5.88 Å². The predicted octanol–water partition coefficient (Wildman–Crippen LogP) is 1.94. The van der Waals surface area contributed by atoms with Gasteiger partial charge in [0.15, 0.2) is 5.96 Å². The second-order valence-electron chi connectivity index (χ2n) is 6.37. The second kappa shape index (κ2) is 8.84. The van der Waals surface area contributed by atoms with Crippen LogP contribution in [0.1, 0.15) is 18.5 Å². The minimum absolute atomic E-state index is 0. The number of aromatic nitrogens is 1. The Hall–Kier alpha value is -1.09. The maximum atomic E-state index is 5.60. The van der Waals surface area contributed by atoms with Gasteiger partial charge in [0.25, 0.3) is 0 Å². The highest BCUT2D eigenvalue weighted by molar-refractivity contribution is 14.0. The summed E-state index contributed by atoms with van der Waals surface area (Å²) in [5.41, 5.74) is 1.38. The van der Waals surface area contributed by atoms with E-state index in [1.807, 2.05) is 25.2 Å². The molecule has 1 spiro atoms. The summed E-state index contributed by atoms with van der Waals surface area (Å²) in [5.74, 6) is 1.64. The van der Waals surface area contributed by atoms with Crippen molar-refractivity contribution in [1.29, 1.82) is 0 Å². The molecule has 0 saturated carbocycles. The minimum Gasteiger partial charge on any atom is -0.481 e. The lowest BCUT2D eigenvalue weighted by Gasteiger charge is -2.24. The Balaban J connectivity index is 0.00000208. The van der Waals surface area contributed by atoms with Crippen molar-refractivity contribution < 1.29 is 9.47 Å². The van der Waals surface area contributed by atoms with Gasteiger partial charge in [0.05, 0.1) is 13.7 Å². The van der Waals surface area contributed by atoms with Crippen molar-refractivity contribution in [3.63, 3.8) is 0 Å². The number of guanidine groups is 1. The third-order valence-electron chi connectivity index (χ3n) is 4.79. The molecule has 0 amide bonds. The fourth-order valence-electron chi connectivity index (χ4n) is 3.43. The van der Waals surface area contributed by atoms with E-state index in [2.05, 4.69) is 20.2 Å². The number of hydrogen-bond donors (Lipinski definition) is 1. The molecular weight excluding hydrogens is 419 g/mol. The molecule has 2 fully saturated rings. The number of nitrogens with one attached hydrogen (secondary N) is 1. The number of likely N-dealkylation sites (tertiary alicyclic amines) is 1. The molecule has 2 aliphatic rings. The van der Waals surface area contributed by atoms with E-state index < -0.39 is 0 Å². The summed E-state index contributed by atoms with van der Waals surface area (Å²) in [6.45, 7) is 4.72. The summed E-state index contributed by atoms with van der Waals surface area (Å²) < 4.78 is 10.8. The predicted molar refractivity (Wildman–Crippen MR) is 105 cm³/mol. The summed E-state index contributed by atoms with van der Waals surface area (Å²) in [6.07, 6.45) is 3.22. The molecule has 0 aromatic carbocycles. The Morgan fingerprint density at radius 2 is 2.33 bits per heavy atom. The van der Waals surface area contributed by atoms with E-state index in [4.69, 9.17) is 9.47 Å². The van der Waals surface area contributed by atoms with Crippen molar-refractivity contribution in [3.8, 4) is 5.88 Å². The molecule has 6 nitrogen and oxygen atoms in total. The zero-order chi connectivity index (χ0) is 16.1. The van der Waals surface area contributed by atoms with Crippen molar-refractivity contribution in [2.24, 2.45) is 10.4 Å². The number of ether oxygens (including phenoxy) is 2. The first-order chi connectivity index (χ1) is 11.2. The molecule has 3 rings (SSSR count). The highest BCUT2D eigenvalue weighted by atomic mass is 127. The number of aliphatic imine (C=N–C) groups is 1. The van der Waals surface area contributed by atoms with Crippen molar-refractivity contribution in [2.45, 2.75) is 19.3 Å². The molecule has 2 saturated heterocycles. The zero-order valence-electron chi connectivity index (χ0n) is 14.5. The molecule has 1 aromatic heterocycles. The van der Waals surface area contributed by atoms with Gasteiger partial charge in [0.1, 0.15) is 0 Å². The zero-order valence-corrected chi connectivity index (χ0v) is 16.8. The van der Waals surface area contributed by atoms with Crippen LogP contribution in [0.3, 0.4) is 0 Å². The smallest absolute Gasteiger partial charge is 0.213 e. The Morgan fingerprint density at radius 3 is 3.04 bits per heavy atom. The number of hydrogen-bond acceptors (Lipinski definition) is 4. The quantitative estimate of drug-likeness (QED) is 0.435. The lowest BCUT2D eigenvalue weighted by Crippen LogP contribution is -2.42. The summed E-state index contributed by atoms with van der Waals surface area (Å²) in [4.78, 5) is 11.2. The molecule has 2 aliphatic heterocycles. The minimum atomic E-state index is 0. The highest BCUT2D eigenvalue weighted by Gasteiger charge is 2.42. The maximum absolute atomic E-state index is 5.60. The average molecular weight is 446 g/mol. The van der Waals surface area contributed by atoms with Gasteiger partial charge in [-0.3, -0.25) is 4.99 Å². The van der Waals surface area contributed by atoms with Gasteiger partial charge in [-0.05, 0) is 18.9 Å². The SMILES string of the molecule is CN=C(NCCc1cccc(OC)n1)N1CCC2(CCOC2)C1.I. The van der Waals surface area contributed by atoms with Crippen LogP contribution in [0.2, 0.25) is 0 Å². The standard InChI is InChI=1S/C17H26N4O2.HI/c1-18-16(21-10-7-17(12-21)8-11-23-13-17)19-9-6-14-4-3-5-15(20-14)22-2;/h3-5H,6-13H2,1-2H3,(H,18,19);1H. The van der Waals surface area contributed by atoms with E-state index in [-0.39, 0.29) is 24.0 Å². The van der Waals surface area contributed by atoms with E-state index in [0.717, 1.165) is 50.9 Å². The van der Waals surface area contributed by atoms with Crippen LogP contribution in [-0.4, -0.2) is 62.8 Å². The normalized spacial score (nSPS) is 23.4. The maximum Gasteiger partial charge on any atom is 0.213 e. The van der Waals surface area contributed by atoms with Crippen molar-refractivity contribution in [3.05, 3.63) is 23.9 Å². The largest absolute Gasteiger partial charge is 0.481 e. The summed E-state index contributed by atoms with van der Waals surface area (Å²) in [7, 11) is 3.49. The lowest BCUT2D eigenvalue weighted by molar-refractivity contribution is 0.156. The molecule has 134 valence electrons. The topological polar surface area (TPSA) is 59.0 Å². The molecule has 24 heavy (non-hydrogen) atoms. The van der Waals surface area contributed by atoms with Crippen molar-refractivity contribution >= 4 is 29.9 Å². The van der Waals surface area contributed by atoms with E-state index in [1.54, 1.807) is 7.11 Å². The third-order valence-corrected chi connectivity index (χ3v) is 4.79. The molecule has 7 heteroatoms. The van der Waals surface area contributed by atoms with E-state index in [1.165, 1.54) is 12.8 Å². The number of rotatable bonds is 4. The van der Waals surface area contributed by atoms with Crippen LogP contribution in [0.15, 0.2) is 23.2 Å². The van der Waals surface area contributed by atoms with Gasteiger partial charge in [0, 0.05) is 56.9 Å². The number of methoxy groups -OCH3 is 1. The van der Waals surface area contributed by atoms with Crippen LogP contribution < -0.4 is 10.1 Å². The van der Waals surface area contributed by atoms with Gasteiger partial charge in [-0.1, -0.05) is 6.07 Å². The monoisotopic (exact) mass is 446 g/mol. The molecule has 0 radical (unpaired) electrons.